The Hall–Kier alpha value is -3.35. The molecule has 1 aromatic heterocycles. The van der Waals surface area contributed by atoms with Crippen LogP contribution in [0.5, 0.6) is 0 Å². The smallest absolute Gasteiger partial charge is 0.317 e. The largest absolute Gasteiger partial charge is 0.384 e. The number of benzene rings is 2. The summed E-state index contributed by atoms with van der Waals surface area (Å²) in [5, 5.41) is 8.39. The van der Waals surface area contributed by atoms with Crippen molar-refractivity contribution in [3.63, 3.8) is 0 Å². The lowest BCUT2D eigenvalue weighted by atomic mass is 10.0. The van der Waals surface area contributed by atoms with Gasteiger partial charge in [-0.05, 0) is 62.3 Å². The van der Waals surface area contributed by atoms with Gasteiger partial charge in [-0.15, -0.1) is 0 Å². The van der Waals surface area contributed by atoms with Gasteiger partial charge in [-0.25, -0.2) is 4.79 Å². The molecule has 0 saturated heterocycles. The van der Waals surface area contributed by atoms with E-state index in [1.165, 1.54) is 5.57 Å². The lowest BCUT2D eigenvalue weighted by Gasteiger charge is -2.28. The lowest BCUT2D eigenvalue weighted by Crippen LogP contribution is -2.43. The summed E-state index contributed by atoms with van der Waals surface area (Å²) in [4.78, 5) is 21.8. The van der Waals surface area contributed by atoms with Crippen molar-refractivity contribution in [2.75, 3.05) is 45.6 Å². The molecule has 194 valence electrons. The Morgan fingerprint density at radius 2 is 1.92 bits per heavy atom. The number of amides is 2. The summed E-state index contributed by atoms with van der Waals surface area (Å²) in [5.41, 5.74) is 4.37. The van der Waals surface area contributed by atoms with Crippen LogP contribution in [0.3, 0.4) is 0 Å². The second-order valence-electron chi connectivity index (χ2n) is 9.71. The molecule has 3 aromatic rings. The molecule has 1 heterocycles. The minimum Gasteiger partial charge on any atom is -0.384 e. The Morgan fingerprint density at radius 1 is 1.08 bits per heavy atom. The fourth-order valence-corrected chi connectivity index (χ4v) is 4.76. The molecular weight excluding hydrogens is 482 g/mol. The predicted molar refractivity (Wildman–Crippen MR) is 154 cm³/mol. The van der Waals surface area contributed by atoms with Crippen LogP contribution in [0.25, 0.3) is 10.9 Å². The first kappa shape index (κ1) is 26.7. The van der Waals surface area contributed by atoms with Crippen LogP contribution in [0.15, 0.2) is 84.6 Å². The Morgan fingerprint density at radius 3 is 2.73 bits per heavy atom. The quantitative estimate of drug-likeness (QED) is 0.291. The molecule has 0 bridgehead atoms. The first-order valence-electron chi connectivity index (χ1n) is 12.9. The van der Waals surface area contributed by atoms with Crippen molar-refractivity contribution in [3.8, 4) is 0 Å². The number of urea groups is 1. The molecule has 6 nitrogen and oxygen atoms in total. The minimum absolute atomic E-state index is 0.0154. The number of aromatic nitrogens is 1. The van der Waals surface area contributed by atoms with Crippen molar-refractivity contribution in [2.24, 2.45) is 5.92 Å². The number of fused-ring (bicyclic) bond motifs is 1. The van der Waals surface area contributed by atoms with E-state index in [2.05, 4.69) is 52.8 Å². The number of carbonyl (C=O) groups excluding carboxylic acids is 1. The molecule has 0 fully saturated rings. The highest BCUT2D eigenvalue weighted by Crippen LogP contribution is 2.25. The van der Waals surface area contributed by atoms with Crippen molar-refractivity contribution >= 4 is 34.2 Å². The summed E-state index contributed by atoms with van der Waals surface area (Å²) in [6.45, 7) is 3.62. The van der Waals surface area contributed by atoms with E-state index in [4.69, 9.17) is 11.6 Å². The summed E-state index contributed by atoms with van der Waals surface area (Å²) < 4.78 is 0. The molecule has 2 aromatic carbocycles. The van der Waals surface area contributed by atoms with E-state index in [1.807, 2.05) is 59.5 Å². The van der Waals surface area contributed by atoms with Crippen LogP contribution in [-0.4, -0.2) is 61.1 Å². The van der Waals surface area contributed by atoms with E-state index >= 15 is 0 Å². The van der Waals surface area contributed by atoms with Gasteiger partial charge in [0.2, 0.25) is 0 Å². The summed E-state index contributed by atoms with van der Waals surface area (Å²) in [7, 11) is 4.16. The number of hydrogen-bond donors (Lipinski definition) is 2. The van der Waals surface area contributed by atoms with E-state index in [-0.39, 0.29) is 11.9 Å². The topological polar surface area (TPSA) is 60.5 Å². The monoisotopic (exact) mass is 517 g/mol. The van der Waals surface area contributed by atoms with Crippen LogP contribution in [0.2, 0.25) is 5.02 Å². The van der Waals surface area contributed by atoms with Crippen molar-refractivity contribution in [2.45, 2.75) is 19.4 Å². The van der Waals surface area contributed by atoms with Gasteiger partial charge in [0.05, 0.1) is 5.52 Å². The summed E-state index contributed by atoms with van der Waals surface area (Å²) in [6, 6.07) is 17.8. The van der Waals surface area contributed by atoms with Crippen molar-refractivity contribution < 1.29 is 4.79 Å². The number of hydrogen-bond acceptors (Lipinski definition) is 4. The van der Waals surface area contributed by atoms with Crippen molar-refractivity contribution in [1.82, 2.24) is 20.1 Å². The van der Waals surface area contributed by atoms with E-state index < -0.39 is 0 Å². The highest BCUT2D eigenvalue weighted by atomic mass is 35.5. The van der Waals surface area contributed by atoms with Crippen LogP contribution in [0.1, 0.15) is 18.4 Å². The molecule has 2 amide bonds. The molecule has 1 aliphatic carbocycles. The summed E-state index contributed by atoms with van der Waals surface area (Å²) in [6.07, 6.45) is 10.2. The lowest BCUT2D eigenvalue weighted by molar-refractivity contribution is 0.192. The van der Waals surface area contributed by atoms with Gasteiger partial charge in [0.1, 0.15) is 0 Å². The first-order valence-corrected chi connectivity index (χ1v) is 13.2. The third-order valence-electron chi connectivity index (χ3n) is 6.49. The number of likely N-dealkylation sites (N-methyl/N-ethyl adjacent to an activating group) is 1. The van der Waals surface area contributed by atoms with Gasteiger partial charge in [-0.3, -0.25) is 4.98 Å². The zero-order chi connectivity index (χ0) is 26.0. The molecule has 37 heavy (non-hydrogen) atoms. The maximum Gasteiger partial charge on any atom is 0.317 e. The van der Waals surface area contributed by atoms with Crippen molar-refractivity contribution in [1.29, 1.82) is 0 Å². The minimum atomic E-state index is -0.0154. The number of rotatable bonds is 12. The van der Waals surface area contributed by atoms with Gasteiger partial charge in [-0.1, -0.05) is 60.2 Å². The van der Waals surface area contributed by atoms with Crippen LogP contribution in [0.4, 0.5) is 10.5 Å². The highest BCUT2D eigenvalue weighted by Gasteiger charge is 2.22. The van der Waals surface area contributed by atoms with Gasteiger partial charge in [0.25, 0.3) is 0 Å². The van der Waals surface area contributed by atoms with Gasteiger partial charge in [-0.2, -0.15) is 0 Å². The van der Waals surface area contributed by atoms with E-state index in [0.717, 1.165) is 48.1 Å². The SMILES string of the molecule is CN(C)CC1=CC=CC1CN(CCCCNc1ccnc2cc(Cl)ccc12)C(=O)NCc1ccccc1. The van der Waals surface area contributed by atoms with Crippen LogP contribution < -0.4 is 10.6 Å². The third kappa shape index (κ3) is 7.81. The predicted octanol–water partition coefficient (Wildman–Crippen LogP) is 5.97. The number of nitrogens with one attached hydrogen (secondary N) is 2. The number of pyridine rings is 1. The molecule has 0 radical (unpaired) electrons. The molecule has 0 spiro atoms. The normalized spacial score (nSPS) is 14.7. The third-order valence-corrected chi connectivity index (χ3v) is 6.73. The van der Waals surface area contributed by atoms with E-state index in [1.54, 1.807) is 6.20 Å². The highest BCUT2D eigenvalue weighted by molar-refractivity contribution is 6.31. The fourth-order valence-electron chi connectivity index (χ4n) is 4.60. The molecule has 0 aliphatic heterocycles. The molecule has 1 unspecified atom stereocenters. The maximum atomic E-state index is 13.2. The second kappa shape index (κ2) is 13.3. The number of unbranched alkanes of at least 4 members (excludes halogenated alkanes) is 1. The number of allylic oxidation sites excluding steroid dienone is 2. The summed E-state index contributed by atoms with van der Waals surface area (Å²) in [5.74, 6) is 0.248. The second-order valence-corrected chi connectivity index (χ2v) is 10.2. The first-order chi connectivity index (χ1) is 18.0. The average molecular weight is 518 g/mol. The van der Waals surface area contributed by atoms with E-state index in [9.17, 15) is 4.79 Å². The van der Waals surface area contributed by atoms with Gasteiger partial charge in [0, 0.05) is 60.9 Å². The fraction of sp³-hybridized carbons (Fsp3) is 0.333. The Kier molecular flexibility index (Phi) is 9.58. The molecular formula is C30H36ClN5O. The number of nitrogens with zero attached hydrogens (tertiary/aromatic N) is 3. The van der Waals surface area contributed by atoms with Crippen LogP contribution >= 0.6 is 11.6 Å². The van der Waals surface area contributed by atoms with Crippen LogP contribution in [-0.2, 0) is 6.54 Å². The van der Waals surface area contributed by atoms with Crippen molar-refractivity contribution in [3.05, 3.63) is 95.2 Å². The van der Waals surface area contributed by atoms with Gasteiger partial charge in [0.15, 0.2) is 0 Å². The van der Waals surface area contributed by atoms with Crippen LogP contribution in [0, 0.1) is 5.92 Å². The van der Waals surface area contributed by atoms with E-state index in [0.29, 0.717) is 24.7 Å². The molecule has 1 aliphatic rings. The average Bonchev–Trinajstić information content (AvgIpc) is 3.32. The zero-order valence-electron chi connectivity index (χ0n) is 21.7. The number of halogens is 1. The zero-order valence-corrected chi connectivity index (χ0v) is 22.4. The standard InChI is InChI=1S/C30H36ClN5O/c1-35(2)21-24-11-8-12-25(24)22-36(30(37)34-20-23-9-4-3-5-10-23)18-7-6-16-32-28-15-17-33-29-19-26(31)13-14-27(28)29/h3-5,8-15,17,19,25H,6-7,16,18,20-22H2,1-2H3,(H,32,33)(H,34,37). The number of anilines is 1. The molecule has 2 N–H and O–H groups in total. The molecule has 1 atom stereocenters. The Balaban J connectivity index is 1.33. The van der Waals surface area contributed by atoms with Gasteiger partial charge < -0.3 is 20.4 Å². The molecule has 7 heteroatoms. The molecule has 0 saturated carbocycles. The molecule has 4 rings (SSSR count). The maximum absolute atomic E-state index is 13.2. The Labute approximate surface area is 225 Å². The number of carbonyl (C=O) groups is 1. The van der Waals surface area contributed by atoms with Gasteiger partial charge >= 0.3 is 6.03 Å². The Bertz CT molecular complexity index is 1240. The summed E-state index contributed by atoms with van der Waals surface area (Å²) >= 11 is 6.12.